The molecule has 0 saturated heterocycles. The van der Waals surface area contributed by atoms with Crippen molar-refractivity contribution in [3.05, 3.63) is 36.4 Å². The molecule has 3 rings (SSSR count). The molecule has 8 nitrogen and oxygen atoms in total. The van der Waals surface area contributed by atoms with Crippen LogP contribution in [-0.2, 0) is 24.3 Å². The Morgan fingerprint density at radius 3 is 2.52 bits per heavy atom. The van der Waals surface area contributed by atoms with Crippen LogP contribution >= 0.6 is 0 Å². The van der Waals surface area contributed by atoms with Gasteiger partial charge in [-0.05, 0) is 30.4 Å². The van der Waals surface area contributed by atoms with E-state index < -0.39 is 40.6 Å². The lowest BCUT2D eigenvalue weighted by atomic mass is 9.90. The molecule has 0 unspecified atom stereocenters. The quantitative estimate of drug-likeness (QED) is 0.721. The smallest absolute Gasteiger partial charge is 0.327 e. The van der Waals surface area contributed by atoms with Gasteiger partial charge in [0.15, 0.2) is 6.61 Å². The van der Waals surface area contributed by atoms with Gasteiger partial charge in [-0.1, -0.05) is 38.1 Å². The molecule has 2 aromatic rings. The monoisotopic (exact) mass is 415 g/mol. The first-order valence-electron chi connectivity index (χ1n) is 9.02. The first-order chi connectivity index (χ1) is 13.6. The number of anilines is 1. The van der Waals surface area contributed by atoms with Gasteiger partial charge in [0.2, 0.25) is 0 Å². The number of ether oxygens (including phenoxy) is 1. The Bertz CT molecular complexity index is 1130. The van der Waals surface area contributed by atoms with Crippen molar-refractivity contribution in [2.45, 2.75) is 31.2 Å². The van der Waals surface area contributed by atoms with Gasteiger partial charge in [0, 0.05) is 5.39 Å². The molecule has 0 fully saturated rings. The Labute approximate surface area is 169 Å². The highest BCUT2D eigenvalue weighted by Gasteiger charge is 2.37. The summed E-state index contributed by atoms with van der Waals surface area (Å²) in [5.41, 5.74) is -0.699. The Hall–Kier alpha value is -3.12. The largest absolute Gasteiger partial charge is 0.454 e. The highest BCUT2D eigenvalue weighted by atomic mass is 32.2. The van der Waals surface area contributed by atoms with E-state index in [1.807, 2.05) is 6.07 Å². The zero-order valence-corrected chi connectivity index (χ0v) is 17.1. The second-order valence-corrected chi connectivity index (χ2v) is 9.15. The van der Waals surface area contributed by atoms with Crippen LogP contribution in [0.4, 0.5) is 5.69 Å². The molecule has 0 aromatic heterocycles. The second kappa shape index (κ2) is 7.37. The second-order valence-electron chi connectivity index (χ2n) is 7.32. The van der Waals surface area contributed by atoms with Gasteiger partial charge in [0.05, 0.1) is 16.7 Å². The fourth-order valence-corrected chi connectivity index (χ4v) is 4.72. The number of carbonyl (C=O) groups excluding carboxylic acids is 2. The number of hydrogen-bond acceptors (Lipinski definition) is 6. The Morgan fingerprint density at radius 2 is 1.90 bits per heavy atom. The van der Waals surface area contributed by atoms with Gasteiger partial charge in [0.1, 0.15) is 12.1 Å². The van der Waals surface area contributed by atoms with Crippen LogP contribution in [0.3, 0.4) is 0 Å². The normalized spacial score (nSPS) is 16.3. The van der Waals surface area contributed by atoms with Gasteiger partial charge >= 0.3 is 5.97 Å². The minimum atomic E-state index is -3.89. The Balaban J connectivity index is 1.70. The summed E-state index contributed by atoms with van der Waals surface area (Å²) >= 11 is 0. The maximum Gasteiger partial charge on any atom is 0.327 e. The predicted octanol–water partition coefficient (Wildman–Crippen LogP) is 1.95. The van der Waals surface area contributed by atoms with Crippen LogP contribution in [-0.4, -0.2) is 39.0 Å². The third-order valence-corrected chi connectivity index (χ3v) is 6.91. The zero-order valence-electron chi connectivity index (χ0n) is 16.3. The molecule has 0 bridgehead atoms. The number of carbonyl (C=O) groups is 2. The minimum Gasteiger partial charge on any atom is -0.454 e. The van der Waals surface area contributed by atoms with Gasteiger partial charge in [-0.2, -0.15) is 5.26 Å². The van der Waals surface area contributed by atoms with Crippen LogP contribution in [0.25, 0.3) is 10.8 Å². The first kappa shape index (κ1) is 20.6. The Morgan fingerprint density at radius 1 is 1.24 bits per heavy atom. The number of nitrogens with zero attached hydrogens (tertiary/aromatic N) is 2. The number of nitriles is 1. The van der Waals surface area contributed by atoms with Crippen LogP contribution < -0.4 is 9.62 Å². The van der Waals surface area contributed by atoms with E-state index in [4.69, 9.17) is 4.74 Å². The van der Waals surface area contributed by atoms with Crippen LogP contribution in [0.1, 0.15) is 20.8 Å². The molecular weight excluding hydrogens is 394 g/mol. The molecule has 1 atom stereocenters. The average Bonchev–Trinajstić information content (AvgIpc) is 2.89. The standard InChI is InChI=1S/C20H21N3O5S/c1-13(2)20(3,12-21)22-17(24)11-28-18(25)10-23-15-8-4-6-14-7-5-9-16(19(14)15)29(23,26)27/h4-9,13H,10-11H2,1-3H3,(H,22,24)/t20-/m0/s1. The van der Waals surface area contributed by atoms with Gasteiger partial charge in [-0.25, -0.2) is 8.42 Å². The summed E-state index contributed by atoms with van der Waals surface area (Å²) in [6.07, 6.45) is 0. The Kier molecular flexibility index (Phi) is 5.24. The topological polar surface area (TPSA) is 117 Å². The molecular formula is C20H21N3O5S. The number of rotatable bonds is 6. The molecule has 1 aliphatic heterocycles. The van der Waals surface area contributed by atoms with Crippen LogP contribution in [0.15, 0.2) is 41.3 Å². The van der Waals surface area contributed by atoms with Gasteiger partial charge in [-0.3, -0.25) is 13.9 Å². The lowest BCUT2D eigenvalue weighted by Gasteiger charge is -2.27. The van der Waals surface area contributed by atoms with Gasteiger partial charge in [-0.15, -0.1) is 0 Å². The first-order valence-corrected chi connectivity index (χ1v) is 10.5. The molecule has 152 valence electrons. The van der Waals surface area contributed by atoms with Gasteiger partial charge in [0.25, 0.3) is 15.9 Å². The summed E-state index contributed by atoms with van der Waals surface area (Å²) in [6.45, 7) is 3.99. The maximum atomic E-state index is 12.8. The van der Waals surface area contributed by atoms with E-state index in [1.165, 1.54) is 6.07 Å². The van der Waals surface area contributed by atoms with E-state index in [-0.39, 0.29) is 10.8 Å². The molecule has 1 aliphatic rings. The summed E-state index contributed by atoms with van der Waals surface area (Å²) < 4.78 is 31.6. The molecule has 2 aromatic carbocycles. The summed E-state index contributed by atoms with van der Waals surface area (Å²) in [5, 5.41) is 13.1. The van der Waals surface area contributed by atoms with Crippen LogP contribution in [0.5, 0.6) is 0 Å². The molecule has 1 heterocycles. The highest BCUT2D eigenvalue weighted by molar-refractivity contribution is 7.93. The van der Waals surface area contributed by atoms with Crippen molar-refractivity contribution in [1.82, 2.24) is 5.32 Å². The maximum absolute atomic E-state index is 12.8. The lowest BCUT2D eigenvalue weighted by Crippen LogP contribution is -2.50. The number of benzene rings is 2. The lowest BCUT2D eigenvalue weighted by molar-refractivity contribution is -0.147. The van der Waals surface area contributed by atoms with Crippen molar-refractivity contribution < 1.29 is 22.7 Å². The summed E-state index contributed by atoms with van der Waals surface area (Å²) in [4.78, 5) is 24.4. The van der Waals surface area contributed by atoms with Crippen molar-refractivity contribution >= 4 is 38.4 Å². The van der Waals surface area contributed by atoms with Crippen molar-refractivity contribution in [1.29, 1.82) is 5.26 Å². The summed E-state index contributed by atoms with van der Waals surface area (Å²) in [5.74, 6) is -1.65. The molecule has 9 heteroatoms. The molecule has 1 N–H and O–H groups in total. The molecule has 0 spiro atoms. The number of amides is 1. The highest BCUT2D eigenvalue weighted by Crippen LogP contribution is 2.41. The van der Waals surface area contributed by atoms with E-state index in [1.54, 1.807) is 51.1 Å². The van der Waals surface area contributed by atoms with Crippen LogP contribution in [0.2, 0.25) is 0 Å². The molecule has 0 radical (unpaired) electrons. The molecule has 0 saturated carbocycles. The average molecular weight is 415 g/mol. The third-order valence-electron chi connectivity index (χ3n) is 5.10. The van der Waals surface area contributed by atoms with Crippen molar-refractivity contribution in [2.75, 3.05) is 17.5 Å². The number of sulfonamides is 1. The number of esters is 1. The number of nitrogens with one attached hydrogen (secondary N) is 1. The van der Waals surface area contributed by atoms with E-state index in [9.17, 15) is 23.3 Å². The van der Waals surface area contributed by atoms with E-state index in [0.717, 1.165) is 9.69 Å². The van der Waals surface area contributed by atoms with Crippen LogP contribution in [0, 0.1) is 17.2 Å². The van der Waals surface area contributed by atoms with Crippen molar-refractivity contribution in [2.24, 2.45) is 5.92 Å². The fraction of sp³-hybridized carbons (Fsp3) is 0.350. The SMILES string of the molecule is CC(C)[C@](C)(C#N)NC(=O)COC(=O)CN1c2cccc3cccc(c23)S1(=O)=O. The molecule has 1 amide bonds. The third kappa shape index (κ3) is 3.63. The molecule has 29 heavy (non-hydrogen) atoms. The predicted molar refractivity (Wildman–Crippen MR) is 106 cm³/mol. The van der Waals surface area contributed by atoms with E-state index in [0.29, 0.717) is 11.1 Å². The van der Waals surface area contributed by atoms with Gasteiger partial charge < -0.3 is 10.1 Å². The van der Waals surface area contributed by atoms with Crippen molar-refractivity contribution in [3.8, 4) is 6.07 Å². The van der Waals surface area contributed by atoms with E-state index >= 15 is 0 Å². The zero-order chi connectivity index (χ0) is 21.4. The summed E-state index contributed by atoms with van der Waals surface area (Å²) in [7, 11) is -3.89. The van der Waals surface area contributed by atoms with Crippen molar-refractivity contribution in [3.63, 3.8) is 0 Å². The van der Waals surface area contributed by atoms with E-state index in [2.05, 4.69) is 5.32 Å². The summed E-state index contributed by atoms with van der Waals surface area (Å²) in [6, 6.07) is 12.1. The fourth-order valence-electron chi connectivity index (χ4n) is 3.06. The minimum absolute atomic E-state index is 0.137. The number of hydrogen-bond donors (Lipinski definition) is 1. The molecule has 0 aliphatic carbocycles.